The maximum absolute atomic E-state index is 10.3. The lowest BCUT2D eigenvalue weighted by Crippen LogP contribution is -2.34. The first-order valence-electron chi connectivity index (χ1n) is 8.24. The highest BCUT2D eigenvalue weighted by Crippen LogP contribution is 2.24. The summed E-state index contributed by atoms with van der Waals surface area (Å²) in [5.41, 5.74) is 2.47. The predicted molar refractivity (Wildman–Crippen MR) is 90.8 cm³/mol. The zero-order chi connectivity index (χ0) is 16.1. The molecule has 1 aromatic carbocycles. The summed E-state index contributed by atoms with van der Waals surface area (Å²) in [4.78, 5) is 6.76. The summed E-state index contributed by atoms with van der Waals surface area (Å²) in [6.45, 7) is 2.49. The van der Waals surface area contributed by atoms with Crippen LogP contribution in [-0.2, 0) is 6.54 Å². The summed E-state index contributed by atoms with van der Waals surface area (Å²) in [6, 6.07) is 14.4. The van der Waals surface area contributed by atoms with E-state index in [1.54, 1.807) is 0 Å². The maximum Gasteiger partial charge on any atom is 0.0890 e. The van der Waals surface area contributed by atoms with E-state index in [0.717, 1.165) is 37.3 Å². The van der Waals surface area contributed by atoms with Crippen LogP contribution in [0.15, 0.2) is 48.7 Å². The van der Waals surface area contributed by atoms with Gasteiger partial charge in [-0.2, -0.15) is 0 Å². The Morgan fingerprint density at radius 1 is 1.09 bits per heavy atom. The molecular formula is C19H24N2O2. The van der Waals surface area contributed by atoms with E-state index >= 15 is 0 Å². The SMILES string of the molecule is OC[C@]1(O)CCCN(Cc2cccc(-c3ccccn3)c2)CC1. The Morgan fingerprint density at radius 3 is 2.78 bits per heavy atom. The summed E-state index contributed by atoms with van der Waals surface area (Å²) >= 11 is 0. The molecule has 4 heteroatoms. The number of aliphatic hydroxyl groups excluding tert-OH is 1. The van der Waals surface area contributed by atoms with Gasteiger partial charge in [0.15, 0.2) is 0 Å². The lowest BCUT2D eigenvalue weighted by Gasteiger charge is -2.24. The molecule has 1 fully saturated rings. The van der Waals surface area contributed by atoms with Crippen LogP contribution in [-0.4, -0.2) is 45.4 Å². The Kier molecular flexibility index (Phi) is 5.06. The molecule has 0 saturated carbocycles. The first kappa shape index (κ1) is 16.1. The van der Waals surface area contributed by atoms with Gasteiger partial charge in [0.1, 0.15) is 0 Å². The van der Waals surface area contributed by atoms with Gasteiger partial charge in [0.05, 0.1) is 17.9 Å². The quantitative estimate of drug-likeness (QED) is 0.910. The number of nitrogens with zero attached hydrogens (tertiary/aromatic N) is 2. The van der Waals surface area contributed by atoms with Crippen molar-refractivity contribution in [3.05, 3.63) is 54.2 Å². The van der Waals surface area contributed by atoms with E-state index in [4.69, 9.17) is 0 Å². The smallest absolute Gasteiger partial charge is 0.0890 e. The van der Waals surface area contributed by atoms with Crippen molar-refractivity contribution in [3.8, 4) is 11.3 Å². The van der Waals surface area contributed by atoms with Gasteiger partial charge < -0.3 is 10.2 Å². The molecule has 0 spiro atoms. The normalized spacial score (nSPS) is 22.7. The molecule has 1 aromatic heterocycles. The number of benzene rings is 1. The zero-order valence-corrected chi connectivity index (χ0v) is 13.4. The van der Waals surface area contributed by atoms with Gasteiger partial charge in [0.2, 0.25) is 0 Å². The van der Waals surface area contributed by atoms with Crippen molar-refractivity contribution in [2.75, 3.05) is 19.7 Å². The fourth-order valence-corrected chi connectivity index (χ4v) is 3.17. The third-order valence-corrected chi connectivity index (χ3v) is 4.60. The summed E-state index contributed by atoms with van der Waals surface area (Å²) in [7, 11) is 0. The van der Waals surface area contributed by atoms with Gasteiger partial charge in [0.25, 0.3) is 0 Å². The van der Waals surface area contributed by atoms with Crippen LogP contribution in [0.5, 0.6) is 0 Å². The molecule has 122 valence electrons. The van der Waals surface area contributed by atoms with E-state index in [9.17, 15) is 10.2 Å². The third-order valence-electron chi connectivity index (χ3n) is 4.60. The molecule has 0 unspecified atom stereocenters. The largest absolute Gasteiger partial charge is 0.393 e. The Bertz CT molecular complexity index is 632. The van der Waals surface area contributed by atoms with E-state index in [-0.39, 0.29) is 6.61 Å². The highest BCUT2D eigenvalue weighted by atomic mass is 16.3. The average Bonchev–Trinajstić information content (AvgIpc) is 2.78. The second-order valence-corrected chi connectivity index (χ2v) is 6.43. The molecule has 0 radical (unpaired) electrons. The predicted octanol–water partition coefficient (Wildman–Crippen LogP) is 2.46. The molecule has 3 rings (SSSR count). The van der Waals surface area contributed by atoms with Crippen LogP contribution in [0.1, 0.15) is 24.8 Å². The summed E-state index contributed by atoms with van der Waals surface area (Å²) in [6.07, 6.45) is 4.03. The van der Waals surface area contributed by atoms with E-state index in [1.165, 1.54) is 5.56 Å². The van der Waals surface area contributed by atoms with Crippen molar-refractivity contribution in [1.29, 1.82) is 0 Å². The van der Waals surface area contributed by atoms with Crippen molar-refractivity contribution >= 4 is 0 Å². The van der Waals surface area contributed by atoms with E-state index < -0.39 is 5.60 Å². The minimum absolute atomic E-state index is 0.143. The van der Waals surface area contributed by atoms with Gasteiger partial charge in [-0.15, -0.1) is 0 Å². The van der Waals surface area contributed by atoms with Crippen LogP contribution in [0, 0.1) is 0 Å². The van der Waals surface area contributed by atoms with Crippen molar-refractivity contribution in [3.63, 3.8) is 0 Å². The summed E-state index contributed by atoms with van der Waals surface area (Å²) in [5.74, 6) is 0. The highest BCUT2D eigenvalue weighted by molar-refractivity contribution is 5.59. The number of likely N-dealkylation sites (tertiary alicyclic amines) is 1. The van der Waals surface area contributed by atoms with Crippen molar-refractivity contribution in [2.45, 2.75) is 31.4 Å². The minimum Gasteiger partial charge on any atom is -0.393 e. The lowest BCUT2D eigenvalue weighted by atomic mass is 9.96. The number of hydrogen-bond donors (Lipinski definition) is 2. The van der Waals surface area contributed by atoms with Crippen molar-refractivity contribution < 1.29 is 10.2 Å². The van der Waals surface area contributed by atoms with Gasteiger partial charge in [-0.05, 0) is 49.6 Å². The molecule has 2 heterocycles. The zero-order valence-electron chi connectivity index (χ0n) is 13.4. The maximum atomic E-state index is 10.3. The van der Waals surface area contributed by atoms with Gasteiger partial charge in [-0.1, -0.05) is 24.3 Å². The first-order valence-corrected chi connectivity index (χ1v) is 8.24. The molecule has 1 atom stereocenters. The lowest BCUT2D eigenvalue weighted by molar-refractivity contribution is -0.0255. The van der Waals surface area contributed by atoms with E-state index in [1.807, 2.05) is 24.4 Å². The molecule has 1 aliphatic heterocycles. The Balaban J connectivity index is 1.69. The fourth-order valence-electron chi connectivity index (χ4n) is 3.17. The third kappa shape index (κ3) is 4.16. The molecule has 0 amide bonds. The standard InChI is InChI=1S/C19H24N2O2/c22-15-19(23)8-4-11-21(12-9-19)14-16-5-3-6-17(13-16)18-7-1-2-10-20-18/h1-3,5-7,10,13,22-23H,4,8-9,11-12,14-15H2/t19-/m0/s1. The Hall–Kier alpha value is -1.75. The first-order chi connectivity index (χ1) is 11.2. The number of rotatable bonds is 4. The second-order valence-electron chi connectivity index (χ2n) is 6.43. The van der Waals surface area contributed by atoms with Crippen LogP contribution >= 0.6 is 0 Å². The van der Waals surface area contributed by atoms with Crippen LogP contribution in [0.4, 0.5) is 0 Å². The van der Waals surface area contributed by atoms with Gasteiger partial charge >= 0.3 is 0 Å². The van der Waals surface area contributed by atoms with Gasteiger partial charge in [-0.25, -0.2) is 0 Å². The molecule has 0 bridgehead atoms. The van der Waals surface area contributed by atoms with E-state index in [2.05, 4.69) is 34.1 Å². The van der Waals surface area contributed by atoms with Crippen LogP contribution in [0.25, 0.3) is 11.3 Å². The van der Waals surface area contributed by atoms with Crippen LogP contribution < -0.4 is 0 Å². The molecule has 1 aliphatic rings. The number of aromatic nitrogens is 1. The van der Waals surface area contributed by atoms with Crippen LogP contribution in [0.2, 0.25) is 0 Å². The molecule has 23 heavy (non-hydrogen) atoms. The molecule has 2 aromatic rings. The second kappa shape index (κ2) is 7.21. The minimum atomic E-state index is -0.898. The summed E-state index contributed by atoms with van der Waals surface area (Å²) < 4.78 is 0. The molecule has 0 aliphatic carbocycles. The molecule has 1 saturated heterocycles. The van der Waals surface area contributed by atoms with Gasteiger partial charge in [-0.3, -0.25) is 9.88 Å². The average molecular weight is 312 g/mol. The highest BCUT2D eigenvalue weighted by Gasteiger charge is 2.29. The Labute approximate surface area is 137 Å². The topological polar surface area (TPSA) is 56.6 Å². The summed E-state index contributed by atoms with van der Waals surface area (Å²) in [5, 5.41) is 19.6. The fraction of sp³-hybridized carbons (Fsp3) is 0.421. The number of aliphatic hydroxyl groups is 2. The van der Waals surface area contributed by atoms with Crippen LogP contribution in [0.3, 0.4) is 0 Å². The Morgan fingerprint density at radius 2 is 2.00 bits per heavy atom. The molecule has 4 nitrogen and oxygen atoms in total. The van der Waals surface area contributed by atoms with Crippen molar-refractivity contribution in [2.24, 2.45) is 0 Å². The number of pyridine rings is 1. The van der Waals surface area contributed by atoms with E-state index in [0.29, 0.717) is 12.8 Å². The van der Waals surface area contributed by atoms with Gasteiger partial charge in [0, 0.05) is 24.8 Å². The van der Waals surface area contributed by atoms with Crippen molar-refractivity contribution in [1.82, 2.24) is 9.88 Å². The monoisotopic (exact) mass is 312 g/mol. The number of hydrogen-bond acceptors (Lipinski definition) is 4. The molecule has 2 N–H and O–H groups in total. The molecular weight excluding hydrogens is 288 g/mol.